The van der Waals surface area contributed by atoms with Gasteiger partial charge in [0, 0.05) is 4.47 Å². The predicted octanol–water partition coefficient (Wildman–Crippen LogP) is 4.97. The molecule has 0 unspecified atom stereocenters. The van der Waals surface area contributed by atoms with E-state index in [1.165, 1.54) is 0 Å². The molecule has 0 atom stereocenters. The Morgan fingerprint density at radius 1 is 1.22 bits per heavy atom. The van der Waals surface area contributed by atoms with Crippen LogP contribution in [0.2, 0.25) is 0 Å². The maximum absolute atomic E-state index is 12.4. The molecule has 0 aliphatic rings. The molecule has 120 valence electrons. The molecule has 0 fully saturated rings. The van der Waals surface area contributed by atoms with E-state index >= 15 is 0 Å². The first-order valence-electron chi connectivity index (χ1n) is 6.80. The summed E-state index contributed by atoms with van der Waals surface area (Å²) in [6.07, 6.45) is 0. The molecular weight excluding hydrogens is 416 g/mol. The number of thiazole rings is 1. The average Bonchev–Trinajstić information content (AvgIpc) is 2.89. The molecule has 0 bridgehead atoms. The molecule has 0 aliphatic carbocycles. The van der Waals surface area contributed by atoms with Gasteiger partial charge in [-0.2, -0.15) is 0 Å². The van der Waals surface area contributed by atoms with E-state index in [0.717, 1.165) is 24.8 Å². The Bertz CT molecular complexity index is 937. The largest absolute Gasteiger partial charge is 0.280 e. The highest BCUT2D eigenvalue weighted by atomic mass is 79.9. The highest BCUT2D eigenvalue weighted by Crippen LogP contribution is 2.31. The van der Waals surface area contributed by atoms with E-state index in [0.29, 0.717) is 5.69 Å². The number of hydrogen-bond acceptors (Lipinski definition) is 5. The zero-order chi connectivity index (χ0) is 16.4. The Morgan fingerprint density at radius 2 is 1.96 bits per heavy atom. The molecule has 1 aromatic heterocycles. The number of anilines is 1. The van der Waals surface area contributed by atoms with Crippen LogP contribution in [0.5, 0.6) is 0 Å². The van der Waals surface area contributed by atoms with Crippen molar-refractivity contribution in [1.29, 1.82) is 0 Å². The maximum Gasteiger partial charge on any atom is 0.261 e. The number of halogens is 1. The summed E-state index contributed by atoms with van der Waals surface area (Å²) in [5.41, 5.74) is 1.43. The minimum absolute atomic E-state index is 0.229. The van der Waals surface area contributed by atoms with Crippen LogP contribution in [0.15, 0.2) is 56.2 Å². The van der Waals surface area contributed by atoms with Gasteiger partial charge >= 0.3 is 0 Å². The summed E-state index contributed by atoms with van der Waals surface area (Å²) in [5, 5.41) is 0. The molecule has 1 N–H and O–H groups in total. The first kappa shape index (κ1) is 16.8. The first-order chi connectivity index (χ1) is 11.0. The highest BCUT2D eigenvalue weighted by molar-refractivity contribution is 9.10. The van der Waals surface area contributed by atoms with Gasteiger partial charge in [-0.3, -0.25) is 4.72 Å². The minimum Gasteiger partial charge on any atom is -0.280 e. The number of nitrogens with one attached hydrogen (secondary N) is 1. The van der Waals surface area contributed by atoms with Crippen molar-refractivity contribution >= 4 is 65.0 Å². The van der Waals surface area contributed by atoms with Gasteiger partial charge in [0.25, 0.3) is 10.0 Å². The van der Waals surface area contributed by atoms with Crippen molar-refractivity contribution in [2.45, 2.75) is 16.2 Å². The molecule has 1 heterocycles. The molecular formula is C15H13BrN2O2S3. The average molecular weight is 429 g/mol. The van der Waals surface area contributed by atoms with E-state index < -0.39 is 10.0 Å². The number of aromatic nitrogens is 1. The van der Waals surface area contributed by atoms with Crippen LogP contribution in [0.4, 0.5) is 5.69 Å². The number of nitrogens with zero attached hydrogens (tertiary/aromatic N) is 1. The Balaban J connectivity index is 1.89. The predicted molar refractivity (Wildman–Crippen MR) is 101 cm³/mol. The molecule has 2 aromatic carbocycles. The van der Waals surface area contributed by atoms with E-state index in [4.69, 9.17) is 0 Å². The maximum atomic E-state index is 12.4. The summed E-state index contributed by atoms with van der Waals surface area (Å²) >= 11 is 6.55. The topological polar surface area (TPSA) is 59.1 Å². The molecule has 8 heteroatoms. The zero-order valence-corrected chi connectivity index (χ0v) is 16.2. The van der Waals surface area contributed by atoms with E-state index in [2.05, 4.69) is 32.6 Å². The van der Waals surface area contributed by atoms with Gasteiger partial charge in [0.15, 0.2) is 4.34 Å². The summed E-state index contributed by atoms with van der Waals surface area (Å²) < 4.78 is 30.2. The lowest BCUT2D eigenvalue weighted by atomic mass is 10.3. The lowest BCUT2D eigenvalue weighted by Crippen LogP contribution is -2.12. The van der Waals surface area contributed by atoms with Crippen LogP contribution >= 0.6 is 39.0 Å². The van der Waals surface area contributed by atoms with Crippen molar-refractivity contribution in [3.63, 3.8) is 0 Å². The van der Waals surface area contributed by atoms with Gasteiger partial charge < -0.3 is 0 Å². The second-order valence-corrected chi connectivity index (χ2v) is 9.79. The van der Waals surface area contributed by atoms with Crippen LogP contribution in [0.3, 0.4) is 0 Å². The van der Waals surface area contributed by atoms with Crippen LogP contribution in [0.1, 0.15) is 6.92 Å². The third-order valence-electron chi connectivity index (χ3n) is 3.01. The monoisotopic (exact) mass is 428 g/mol. The number of fused-ring (bicyclic) bond motifs is 1. The Labute approximate surface area is 151 Å². The molecule has 3 aromatic rings. The lowest BCUT2D eigenvalue weighted by molar-refractivity contribution is 0.601. The fourth-order valence-electron chi connectivity index (χ4n) is 1.98. The zero-order valence-electron chi connectivity index (χ0n) is 12.1. The Morgan fingerprint density at radius 3 is 2.65 bits per heavy atom. The van der Waals surface area contributed by atoms with E-state index in [-0.39, 0.29) is 4.90 Å². The standard InChI is InChI=1S/C15H13BrN2O2S3/c1-2-21-15-17-13-8-5-11(9-14(13)22-15)18-23(19,20)12-6-3-10(16)4-7-12/h3-9,18H,2H2,1H3. The number of rotatable bonds is 5. The normalized spacial score (nSPS) is 11.7. The minimum atomic E-state index is -3.59. The smallest absolute Gasteiger partial charge is 0.261 e. The van der Waals surface area contributed by atoms with Gasteiger partial charge in [-0.05, 0) is 48.2 Å². The third-order valence-corrected chi connectivity index (χ3v) is 6.98. The fourth-order valence-corrected chi connectivity index (χ4v) is 5.30. The van der Waals surface area contributed by atoms with Crippen molar-refractivity contribution in [3.8, 4) is 0 Å². The van der Waals surface area contributed by atoms with E-state index in [9.17, 15) is 8.42 Å². The molecule has 0 amide bonds. The van der Waals surface area contributed by atoms with Crippen LogP contribution in [-0.4, -0.2) is 19.2 Å². The van der Waals surface area contributed by atoms with Gasteiger partial charge in [-0.25, -0.2) is 13.4 Å². The summed E-state index contributed by atoms with van der Waals surface area (Å²) in [6, 6.07) is 11.9. The van der Waals surface area contributed by atoms with Crippen molar-refractivity contribution in [1.82, 2.24) is 4.98 Å². The van der Waals surface area contributed by atoms with Gasteiger partial charge in [-0.15, -0.1) is 11.3 Å². The summed E-state index contributed by atoms with van der Waals surface area (Å²) in [4.78, 5) is 4.74. The van der Waals surface area contributed by atoms with Crippen LogP contribution in [0.25, 0.3) is 10.2 Å². The Kier molecular flexibility index (Phi) is 4.96. The number of thioether (sulfide) groups is 1. The molecule has 4 nitrogen and oxygen atoms in total. The third kappa shape index (κ3) is 3.88. The molecule has 0 spiro atoms. The molecule has 0 aliphatic heterocycles. The van der Waals surface area contributed by atoms with Crippen molar-refractivity contribution in [2.75, 3.05) is 10.5 Å². The fraction of sp³-hybridized carbons (Fsp3) is 0.133. The Hall–Kier alpha value is -1.09. The summed E-state index contributed by atoms with van der Waals surface area (Å²) in [7, 11) is -3.59. The number of hydrogen-bond donors (Lipinski definition) is 1. The van der Waals surface area contributed by atoms with Crippen molar-refractivity contribution in [2.24, 2.45) is 0 Å². The molecule has 3 rings (SSSR count). The molecule has 0 saturated heterocycles. The van der Waals surface area contributed by atoms with Crippen LogP contribution in [-0.2, 0) is 10.0 Å². The summed E-state index contributed by atoms with van der Waals surface area (Å²) in [5.74, 6) is 0.961. The van der Waals surface area contributed by atoms with Crippen molar-refractivity contribution in [3.05, 3.63) is 46.9 Å². The van der Waals surface area contributed by atoms with Gasteiger partial charge in [0.05, 0.1) is 20.8 Å². The molecule has 23 heavy (non-hydrogen) atoms. The van der Waals surface area contributed by atoms with E-state index in [1.807, 2.05) is 12.1 Å². The van der Waals surface area contributed by atoms with Gasteiger partial charge in [-0.1, -0.05) is 34.6 Å². The molecule has 0 saturated carbocycles. The summed E-state index contributed by atoms with van der Waals surface area (Å²) in [6.45, 7) is 2.08. The van der Waals surface area contributed by atoms with Gasteiger partial charge in [0.1, 0.15) is 0 Å². The second kappa shape index (κ2) is 6.80. The second-order valence-electron chi connectivity index (χ2n) is 4.65. The highest BCUT2D eigenvalue weighted by Gasteiger charge is 2.14. The van der Waals surface area contributed by atoms with E-state index in [1.54, 1.807) is 53.4 Å². The lowest BCUT2D eigenvalue weighted by Gasteiger charge is -2.08. The van der Waals surface area contributed by atoms with Crippen LogP contribution in [0, 0.1) is 0 Å². The van der Waals surface area contributed by atoms with Crippen molar-refractivity contribution < 1.29 is 8.42 Å². The SMILES string of the molecule is CCSc1nc2ccc(NS(=O)(=O)c3ccc(Br)cc3)cc2s1. The first-order valence-corrected chi connectivity index (χ1v) is 10.9. The quantitative estimate of drug-likeness (QED) is 0.582. The number of sulfonamides is 1. The molecule has 0 radical (unpaired) electrons. The van der Waals surface area contributed by atoms with Gasteiger partial charge in [0.2, 0.25) is 0 Å². The van der Waals surface area contributed by atoms with Crippen LogP contribution < -0.4 is 4.72 Å². The number of benzene rings is 2.